The van der Waals surface area contributed by atoms with Gasteiger partial charge in [0, 0.05) is 37.4 Å². The van der Waals surface area contributed by atoms with Crippen LogP contribution >= 0.6 is 15.2 Å². The molecule has 4 aromatic carbocycles. The molecule has 2 aliphatic heterocycles. The number of carbonyl (C=O) groups is 2. The Bertz CT molecular complexity index is 3090. The van der Waals surface area contributed by atoms with E-state index in [-0.39, 0.29) is 65.9 Å². The van der Waals surface area contributed by atoms with E-state index < -0.39 is 99.6 Å². The Morgan fingerprint density at radius 1 is 0.488 bits per heavy atom. The summed E-state index contributed by atoms with van der Waals surface area (Å²) in [5, 5.41) is 0. The first-order chi connectivity index (χ1) is 39.7. The SMILES string of the molecule is CCOP(=O)(CO[C@@H]1C[C@@H](OC(=O)c2ccccc2)[C@H](n2ccc(=O)n(COCc3ccccc3)c2=O)O1)OCC.CCOP(=O)(CO[C@H]1C[C@@H](OC(=O)c2ccccc2)[C@H](n2ccc(=O)n(COCc3ccccc3)c2=O)O1)OCC. The number of rotatable bonds is 28. The Kier molecular flexibility index (Phi) is 23.8. The quantitative estimate of drug-likeness (QED) is 0.0335. The predicted molar refractivity (Wildman–Crippen MR) is 294 cm³/mol. The second kappa shape index (κ2) is 31.1. The fourth-order valence-electron chi connectivity index (χ4n) is 8.39. The van der Waals surface area contributed by atoms with E-state index in [0.29, 0.717) is 11.1 Å². The van der Waals surface area contributed by atoms with Gasteiger partial charge in [-0.3, -0.25) is 27.9 Å². The topological polar surface area (TPSA) is 267 Å². The van der Waals surface area contributed by atoms with Crippen LogP contribution in [0.25, 0.3) is 0 Å². The van der Waals surface area contributed by atoms with E-state index >= 15 is 0 Å². The van der Waals surface area contributed by atoms with E-state index in [1.54, 1.807) is 88.4 Å². The molecule has 8 rings (SSSR count). The standard InChI is InChI=1S/2C28H33N2O10P/c2*1-3-37-41(34,38-4-2)20-36-25-17-23(39-27(32)22-13-9-6-10-14-22)26(40-25)29-16-15-24(31)30(28(29)33)19-35-18-21-11-7-5-8-12-21/h2*5-16,23,25-26H,3-4,17-20H2,1-2H3/t23-,25+,26-;23-,25-,26-/m11/s1. The summed E-state index contributed by atoms with van der Waals surface area (Å²) in [6, 6.07) is 37.7. The Hall–Kier alpha value is -6.76. The van der Waals surface area contributed by atoms with Gasteiger partial charge < -0.3 is 56.0 Å². The van der Waals surface area contributed by atoms with E-state index in [9.17, 15) is 37.9 Å². The maximum Gasteiger partial charge on any atom is 0.356 e. The molecule has 0 radical (unpaired) electrons. The number of benzene rings is 4. The van der Waals surface area contributed by atoms with Gasteiger partial charge in [-0.1, -0.05) is 97.1 Å². The number of esters is 2. The second-order valence-corrected chi connectivity index (χ2v) is 22.0. The average Bonchev–Trinajstić information content (AvgIpc) is 4.25. The van der Waals surface area contributed by atoms with Crippen molar-refractivity contribution >= 4 is 27.1 Å². The summed E-state index contributed by atoms with van der Waals surface area (Å²) in [5.41, 5.74) is -0.244. The molecular formula is C56H66N4O20P2. The number of nitrogens with zero attached hydrogens (tertiary/aromatic N) is 4. The van der Waals surface area contributed by atoms with Crippen LogP contribution in [0, 0.1) is 0 Å². The van der Waals surface area contributed by atoms with Crippen LogP contribution < -0.4 is 22.5 Å². The molecule has 2 saturated heterocycles. The molecule has 6 aromatic rings. The van der Waals surface area contributed by atoms with Gasteiger partial charge in [0.15, 0.2) is 49.9 Å². The lowest BCUT2D eigenvalue weighted by atomic mass is 10.2. The molecular weight excluding hydrogens is 1110 g/mol. The number of hydrogen-bond acceptors (Lipinski definition) is 20. The highest BCUT2D eigenvalue weighted by atomic mass is 31.2. The minimum absolute atomic E-state index is 0.0115. The monoisotopic (exact) mass is 1180 g/mol. The van der Waals surface area contributed by atoms with Crippen molar-refractivity contribution in [3.63, 3.8) is 0 Å². The third kappa shape index (κ3) is 17.6. The minimum atomic E-state index is -3.56. The third-order valence-electron chi connectivity index (χ3n) is 12.1. The first-order valence-electron chi connectivity index (χ1n) is 26.4. The summed E-state index contributed by atoms with van der Waals surface area (Å²) in [6.45, 7) is 7.07. The van der Waals surface area contributed by atoms with Crippen LogP contribution in [0.2, 0.25) is 0 Å². The molecule has 26 heteroatoms. The molecule has 0 amide bonds. The summed E-state index contributed by atoms with van der Waals surface area (Å²) in [5.74, 6) is -1.27. The zero-order valence-electron chi connectivity index (χ0n) is 45.7. The van der Waals surface area contributed by atoms with Crippen LogP contribution in [0.5, 0.6) is 0 Å². The van der Waals surface area contributed by atoms with Crippen LogP contribution in [0.3, 0.4) is 0 Å². The van der Waals surface area contributed by atoms with E-state index in [1.165, 1.54) is 24.5 Å². The van der Waals surface area contributed by atoms with Crippen molar-refractivity contribution in [2.45, 2.75) is 104 Å². The summed E-state index contributed by atoms with van der Waals surface area (Å²) in [4.78, 5) is 77.7. The molecule has 2 aliphatic rings. The summed E-state index contributed by atoms with van der Waals surface area (Å²) in [7, 11) is -7.12. The van der Waals surface area contributed by atoms with Crippen LogP contribution in [-0.2, 0) is 91.8 Å². The van der Waals surface area contributed by atoms with Crippen molar-refractivity contribution in [2.24, 2.45) is 0 Å². The molecule has 2 fully saturated rings. The normalized spacial score (nSPS) is 18.8. The van der Waals surface area contributed by atoms with Gasteiger partial charge in [0.25, 0.3) is 11.1 Å². The maximum absolute atomic E-state index is 13.4. The Labute approximate surface area is 471 Å². The molecule has 0 bridgehead atoms. The van der Waals surface area contributed by atoms with Crippen molar-refractivity contribution < 1.29 is 74.7 Å². The van der Waals surface area contributed by atoms with Crippen molar-refractivity contribution in [1.82, 2.24) is 18.3 Å². The number of hydrogen-bond donors (Lipinski definition) is 0. The van der Waals surface area contributed by atoms with E-state index in [1.807, 2.05) is 60.7 Å². The Balaban J connectivity index is 0.000000236. The molecule has 0 spiro atoms. The van der Waals surface area contributed by atoms with Crippen LogP contribution in [0.15, 0.2) is 165 Å². The van der Waals surface area contributed by atoms with Crippen LogP contribution in [0.4, 0.5) is 0 Å². The summed E-state index contributed by atoms with van der Waals surface area (Å²) in [6.07, 6.45) is -4.59. The molecule has 0 saturated carbocycles. The molecule has 2 aromatic heterocycles. The lowest BCUT2D eigenvalue weighted by molar-refractivity contribution is -0.149. The van der Waals surface area contributed by atoms with Gasteiger partial charge in [-0.2, -0.15) is 0 Å². The van der Waals surface area contributed by atoms with Crippen molar-refractivity contribution in [3.8, 4) is 0 Å². The largest absolute Gasteiger partial charge is 0.454 e. The van der Waals surface area contributed by atoms with Gasteiger partial charge in [-0.05, 0) is 63.1 Å². The summed E-state index contributed by atoms with van der Waals surface area (Å²) < 4.78 is 97.0. The zero-order valence-corrected chi connectivity index (χ0v) is 47.4. The minimum Gasteiger partial charge on any atom is -0.454 e. The van der Waals surface area contributed by atoms with E-state index in [2.05, 4.69) is 0 Å². The zero-order chi connectivity index (χ0) is 58.5. The van der Waals surface area contributed by atoms with Crippen LogP contribution in [0.1, 0.15) is 84.8 Å². The van der Waals surface area contributed by atoms with Crippen molar-refractivity contribution in [1.29, 1.82) is 0 Å². The molecule has 0 N–H and O–H groups in total. The highest BCUT2D eigenvalue weighted by Crippen LogP contribution is 2.50. The molecule has 24 nitrogen and oxygen atoms in total. The molecule has 82 heavy (non-hydrogen) atoms. The average molecular weight is 1180 g/mol. The van der Waals surface area contributed by atoms with Gasteiger partial charge in [0.2, 0.25) is 0 Å². The molecule has 4 heterocycles. The van der Waals surface area contributed by atoms with Gasteiger partial charge in [-0.25, -0.2) is 28.3 Å². The molecule has 6 atom stereocenters. The number of ether oxygens (including phenoxy) is 8. The lowest BCUT2D eigenvalue weighted by Crippen LogP contribution is -2.43. The van der Waals surface area contributed by atoms with Crippen LogP contribution in [-0.4, -0.2) is 94.1 Å². The van der Waals surface area contributed by atoms with Gasteiger partial charge in [-0.15, -0.1) is 0 Å². The van der Waals surface area contributed by atoms with Gasteiger partial charge in [0.05, 0.1) is 50.8 Å². The van der Waals surface area contributed by atoms with Crippen molar-refractivity contribution in [3.05, 3.63) is 210 Å². The Morgan fingerprint density at radius 3 is 1.15 bits per heavy atom. The number of carbonyl (C=O) groups excluding carboxylic acids is 2. The summed E-state index contributed by atoms with van der Waals surface area (Å²) >= 11 is 0. The maximum atomic E-state index is 13.4. The third-order valence-corrected chi connectivity index (χ3v) is 15.7. The lowest BCUT2D eigenvalue weighted by Gasteiger charge is -2.22. The predicted octanol–water partition coefficient (Wildman–Crippen LogP) is 7.79. The molecule has 0 aliphatic carbocycles. The van der Waals surface area contributed by atoms with E-state index in [4.69, 9.17) is 56.0 Å². The first-order valence-corrected chi connectivity index (χ1v) is 29.8. The Morgan fingerprint density at radius 2 is 0.817 bits per heavy atom. The fourth-order valence-corrected chi connectivity index (χ4v) is 11.1. The van der Waals surface area contributed by atoms with Crippen molar-refractivity contribution in [2.75, 3.05) is 39.1 Å². The first kappa shape index (κ1) is 62.8. The number of aromatic nitrogens is 4. The van der Waals surface area contributed by atoms with Gasteiger partial charge in [0.1, 0.15) is 13.5 Å². The highest BCUT2D eigenvalue weighted by Gasteiger charge is 2.44. The van der Waals surface area contributed by atoms with Gasteiger partial charge >= 0.3 is 38.5 Å². The smallest absolute Gasteiger partial charge is 0.356 e. The van der Waals surface area contributed by atoms with E-state index in [0.717, 1.165) is 29.4 Å². The highest BCUT2D eigenvalue weighted by molar-refractivity contribution is 7.53. The fraction of sp³-hybridized carbons (Fsp3) is 0.393. The molecule has 0 unspecified atom stereocenters. The second-order valence-electron chi connectivity index (χ2n) is 18.0. The molecule has 440 valence electrons.